The van der Waals surface area contributed by atoms with E-state index in [1.807, 2.05) is 19.1 Å². The number of benzene rings is 1. The number of hydrogen-bond donors (Lipinski definition) is 2. The monoisotopic (exact) mass is 481 g/mol. The maximum absolute atomic E-state index is 13.0. The Balaban J connectivity index is 1.38. The topological polar surface area (TPSA) is 106 Å². The van der Waals surface area contributed by atoms with E-state index in [1.165, 1.54) is 58.4 Å². The van der Waals surface area contributed by atoms with Crippen LogP contribution in [0.2, 0.25) is 0 Å². The highest BCUT2D eigenvalue weighted by Gasteiger charge is 2.30. The summed E-state index contributed by atoms with van der Waals surface area (Å²) in [7, 11) is 1.35. The molecule has 1 aromatic heterocycles. The Kier molecular flexibility index (Phi) is 8.52. The number of ether oxygens (including phenoxy) is 1. The first-order chi connectivity index (χ1) is 17.0. The smallest absolute Gasteiger partial charge is 0.306 e. The van der Waals surface area contributed by atoms with Crippen LogP contribution in [0.25, 0.3) is 0 Å². The Bertz CT molecular complexity index is 1020. The molecule has 0 unspecified atom stereocenters. The summed E-state index contributed by atoms with van der Waals surface area (Å²) in [5.74, 6) is 1.59. The van der Waals surface area contributed by atoms with Gasteiger partial charge >= 0.3 is 5.97 Å². The molecule has 1 amide bonds. The number of aromatic nitrogens is 2. The van der Waals surface area contributed by atoms with Crippen molar-refractivity contribution < 1.29 is 19.2 Å². The van der Waals surface area contributed by atoms with Gasteiger partial charge in [0.25, 0.3) is 5.91 Å². The minimum atomic E-state index is -0.308. The first-order valence-electron chi connectivity index (χ1n) is 12.5. The molecule has 4 rings (SSSR count). The number of esters is 1. The largest absolute Gasteiger partial charge is 0.469 e. The van der Waals surface area contributed by atoms with Crippen molar-refractivity contribution in [2.75, 3.05) is 30.4 Å². The molecule has 0 aliphatic heterocycles. The van der Waals surface area contributed by atoms with Crippen LogP contribution < -0.4 is 20.5 Å². The van der Waals surface area contributed by atoms with E-state index in [4.69, 9.17) is 4.84 Å². The Morgan fingerprint density at radius 2 is 1.89 bits per heavy atom. The molecule has 2 aliphatic rings. The van der Waals surface area contributed by atoms with Crippen LogP contribution >= 0.6 is 0 Å². The number of anilines is 2. The fraction of sp³-hybridized carbons (Fsp3) is 0.538. The van der Waals surface area contributed by atoms with E-state index in [2.05, 4.69) is 30.4 Å². The Labute approximate surface area is 206 Å². The summed E-state index contributed by atoms with van der Waals surface area (Å²) in [4.78, 5) is 40.9. The fourth-order valence-corrected chi connectivity index (χ4v) is 4.45. The molecule has 0 atom stereocenters. The number of aryl methyl sites for hydroxylation is 1. The molecule has 0 radical (unpaired) electrons. The number of hydrogen-bond acceptors (Lipinski definition) is 8. The predicted octanol–water partition coefficient (Wildman–Crippen LogP) is 4.03. The predicted molar refractivity (Wildman–Crippen MR) is 133 cm³/mol. The van der Waals surface area contributed by atoms with Gasteiger partial charge in [0, 0.05) is 30.9 Å². The number of methoxy groups -OCH3 is 1. The van der Waals surface area contributed by atoms with E-state index >= 15 is 0 Å². The summed E-state index contributed by atoms with van der Waals surface area (Å²) in [5.41, 5.74) is 4.61. The molecule has 2 saturated carbocycles. The number of carbonyl (C=O) groups excluding carboxylic acids is 2. The van der Waals surface area contributed by atoms with Crippen LogP contribution in [-0.2, 0) is 9.53 Å². The first kappa shape index (κ1) is 24.9. The van der Waals surface area contributed by atoms with E-state index in [1.54, 1.807) is 12.1 Å². The number of hydroxylamine groups is 1. The zero-order valence-corrected chi connectivity index (χ0v) is 20.6. The van der Waals surface area contributed by atoms with Gasteiger partial charge in [-0.2, -0.15) is 5.48 Å². The minimum Gasteiger partial charge on any atom is -0.469 e. The molecule has 188 valence electrons. The molecule has 9 heteroatoms. The van der Waals surface area contributed by atoms with Crippen molar-refractivity contribution in [1.82, 2.24) is 15.4 Å². The summed E-state index contributed by atoms with van der Waals surface area (Å²) in [5, 5.41) is 2.96. The van der Waals surface area contributed by atoms with Crippen LogP contribution in [0.4, 0.5) is 11.5 Å². The van der Waals surface area contributed by atoms with E-state index in [9.17, 15) is 9.59 Å². The highest BCUT2D eigenvalue weighted by molar-refractivity contribution is 6.03. The second-order valence-corrected chi connectivity index (χ2v) is 9.40. The minimum absolute atomic E-state index is 0.212. The van der Waals surface area contributed by atoms with Gasteiger partial charge in [0.15, 0.2) is 0 Å². The Hall–Kier alpha value is -3.20. The highest BCUT2D eigenvalue weighted by Crippen LogP contribution is 2.34. The van der Waals surface area contributed by atoms with Crippen LogP contribution in [0.3, 0.4) is 0 Å². The molecule has 2 aromatic rings. The molecule has 9 nitrogen and oxygen atoms in total. The lowest BCUT2D eigenvalue weighted by Gasteiger charge is -2.35. The summed E-state index contributed by atoms with van der Waals surface area (Å²) >= 11 is 0. The molecule has 1 heterocycles. The standard InChI is InChI=1S/C26H35N5O4/c1-18-14-21(35-29-13-12-25(32)34-2)10-11-22(18)30-26(33)23-15-24(28-17-27-23)31(16-19-8-9-19)20-6-4-3-5-7-20/h10-11,14-15,17,19-20,29H,3-9,12-13,16H2,1-2H3,(H,30,33). The third kappa shape index (κ3) is 7.14. The van der Waals surface area contributed by atoms with Crippen LogP contribution in [0.1, 0.15) is 67.4 Å². The number of amides is 1. The van der Waals surface area contributed by atoms with Gasteiger partial charge in [0.1, 0.15) is 23.6 Å². The van der Waals surface area contributed by atoms with Gasteiger partial charge in [-0.15, -0.1) is 0 Å². The average Bonchev–Trinajstić information content (AvgIpc) is 3.71. The third-order valence-corrected chi connectivity index (χ3v) is 6.64. The van der Waals surface area contributed by atoms with Crippen LogP contribution in [0.5, 0.6) is 5.75 Å². The molecule has 0 saturated heterocycles. The van der Waals surface area contributed by atoms with Gasteiger partial charge in [0.2, 0.25) is 0 Å². The summed E-state index contributed by atoms with van der Waals surface area (Å²) in [6.45, 7) is 3.23. The van der Waals surface area contributed by atoms with Crippen molar-refractivity contribution in [3.05, 3.63) is 41.9 Å². The molecular formula is C26H35N5O4. The second kappa shape index (κ2) is 12.0. The van der Waals surface area contributed by atoms with Gasteiger partial charge in [-0.25, -0.2) is 9.97 Å². The van der Waals surface area contributed by atoms with Gasteiger partial charge in [-0.1, -0.05) is 19.3 Å². The fourth-order valence-electron chi connectivity index (χ4n) is 4.45. The van der Waals surface area contributed by atoms with Gasteiger partial charge in [-0.05, 0) is 62.3 Å². The zero-order valence-electron chi connectivity index (χ0n) is 20.6. The Morgan fingerprint density at radius 1 is 1.09 bits per heavy atom. The highest BCUT2D eigenvalue weighted by atomic mass is 16.6. The SMILES string of the molecule is COC(=O)CCNOc1ccc(NC(=O)c2cc(N(CC3CC3)C3CCCCC3)ncn2)c(C)c1. The molecule has 0 spiro atoms. The lowest BCUT2D eigenvalue weighted by atomic mass is 9.94. The van der Waals surface area contributed by atoms with E-state index in [0.29, 0.717) is 29.7 Å². The van der Waals surface area contributed by atoms with Crippen LogP contribution in [0, 0.1) is 12.8 Å². The van der Waals surface area contributed by atoms with E-state index < -0.39 is 0 Å². The molecule has 1 aromatic carbocycles. The molecule has 2 N–H and O–H groups in total. The number of rotatable bonds is 11. The number of nitrogens with zero attached hydrogens (tertiary/aromatic N) is 3. The second-order valence-electron chi connectivity index (χ2n) is 9.40. The van der Waals surface area contributed by atoms with E-state index in [0.717, 1.165) is 23.8 Å². The molecule has 2 fully saturated rings. The van der Waals surface area contributed by atoms with Gasteiger partial charge in [0.05, 0.1) is 13.5 Å². The average molecular weight is 482 g/mol. The normalized spacial score (nSPS) is 15.9. The first-order valence-corrected chi connectivity index (χ1v) is 12.5. The van der Waals surface area contributed by atoms with Gasteiger partial charge < -0.3 is 19.8 Å². The van der Waals surface area contributed by atoms with E-state index in [-0.39, 0.29) is 18.3 Å². The number of nitrogens with one attached hydrogen (secondary N) is 2. The Morgan fingerprint density at radius 3 is 2.60 bits per heavy atom. The van der Waals surface area contributed by atoms with Crippen LogP contribution in [0.15, 0.2) is 30.6 Å². The lowest BCUT2D eigenvalue weighted by molar-refractivity contribution is -0.140. The van der Waals surface area contributed by atoms with Crippen LogP contribution in [-0.4, -0.2) is 48.1 Å². The van der Waals surface area contributed by atoms with Crippen molar-refractivity contribution in [1.29, 1.82) is 0 Å². The van der Waals surface area contributed by atoms with Crippen molar-refractivity contribution in [2.24, 2.45) is 5.92 Å². The van der Waals surface area contributed by atoms with Gasteiger partial charge in [-0.3, -0.25) is 9.59 Å². The summed E-state index contributed by atoms with van der Waals surface area (Å²) in [6.07, 6.45) is 10.4. The summed E-state index contributed by atoms with van der Waals surface area (Å²) < 4.78 is 4.60. The maximum atomic E-state index is 13.0. The van der Waals surface area contributed by atoms with Crippen molar-refractivity contribution >= 4 is 23.4 Å². The molecule has 35 heavy (non-hydrogen) atoms. The molecule has 2 aliphatic carbocycles. The third-order valence-electron chi connectivity index (χ3n) is 6.64. The summed E-state index contributed by atoms with van der Waals surface area (Å²) in [6, 6.07) is 7.66. The molecular weight excluding hydrogens is 446 g/mol. The van der Waals surface area contributed by atoms with Crippen molar-refractivity contribution in [3.8, 4) is 5.75 Å². The zero-order chi connectivity index (χ0) is 24.6. The maximum Gasteiger partial charge on any atom is 0.306 e. The lowest BCUT2D eigenvalue weighted by Crippen LogP contribution is -2.39. The quantitative estimate of drug-likeness (QED) is 0.282. The van der Waals surface area contributed by atoms with Crippen molar-refractivity contribution in [2.45, 2.75) is 64.3 Å². The molecule has 0 bridgehead atoms. The van der Waals surface area contributed by atoms with Crippen molar-refractivity contribution in [3.63, 3.8) is 0 Å². The number of carbonyl (C=O) groups is 2.